The number of hydrogen-bond acceptors (Lipinski definition) is 16. The Morgan fingerprint density at radius 2 is 1.00 bits per heavy atom. The Labute approximate surface area is 452 Å². The summed E-state index contributed by atoms with van der Waals surface area (Å²) >= 11 is 0. The monoisotopic (exact) mass is 1070 g/mol. The first-order valence-electron chi connectivity index (χ1n) is 25.5. The molecule has 79 heavy (non-hydrogen) atoms. The second-order valence-corrected chi connectivity index (χ2v) is 19.0. The number of fused-ring (bicyclic) bond motifs is 10. The number of hydrogen-bond donors (Lipinski definition) is 6. The summed E-state index contributed by atoms with van der Waals surface area (Å²) in [4.78, 5) is 56.2. The molecule has 0 saturated carbocycles. The Morgan fingerprint density at radius 3 is 1.48 bits per heavy atom. The first-order chi connectivity index (χ1) is 38.6. The van der Waals surface area contributed by atoms with E-state index in [0.717, 1.165) is 101 Å². The van der Waals surface area contributed by atoms with Crippen LogP contribution in [0.3, 0.4) is 0 Å². The molecule has 3 aromatic heterocycles. The number of carbonyl (C=O) groups is 4. The number of carbonyl (C=O) groups excluding carboxylic acids is 4. The summed E-state index contributed by atoms with van der Waals surface area (Å²) in [6, 6.07) is 39.3. The van der Waals surface area contributed by atoms with Gasteiger partial charge in [-0.15, -0.1) is 0 Å². The topological polar surface area (TPSA) is 249 Å². The predicted octanol–water partition coefficient (Wildman–Crippen LogP) is 7.79. The fourth-order valence-corrected chi connectivity index (χ4v) is 10.5. The zero-order valence-electron chi connectivity index (χ0n) is 43.3. The molecule has 5 atom stereocenters. The van der Waals surface area contributed by atoms with Gasteiger partial charge in [0.05, 0.1) is 33.4 Å². The summed E-state index contributed by atoms with van der Waals surface area (Å²) in [6.07, 6.45) is 4.33. The van der Waals surface area contributed by atoms with Gasteiger partial charge in [-0.25, -0.2) is 0 Å². The molecule has 6 aromatic carbocycles. The molecule has 0 aliphatic carbocycles. The van der Waals surface area contributed by atoms with Crippen molar-refractivity contribution in [2.45, 2.75) is 49.5 Å². The second-order valence-electron chi connectivity index (χ2n) is 19.0. The summed E-state index contributed by atoms with van der Waals surface area (Å²) < 4.78 is 46.6. The minimum atomic E-state index is -0.607. The Kier molecular flexibility index (Phi) is 14.9. The van der Waals surface area contributed by atoms with Crippen LogP contribution in [0.15, 0.2) is 134 Å². The third-order valence-electron chi connectivity index (χ3n) is 14.4. The van der Waals surface area contributed by atoms with Gasteiger partial charge in [0.1, 0.15) is 24.4 Å². The molecular formula is C60H56N6O13. The van der Waals surface area contributed by atoms with Crippen molar-refractivity contribution in [3.8, 4) is 34.5 Å². The number of para-hydroxylation sites is 3. The van der Waals surface area contributed by atoms with E-state index in [4.69, 9.17) is 43.6 Å². The molecule has 404 valence electrons. The molecule has 0 saturated heterocycles. The summed E-state index contributed by atoms with van der Waals surface area (Å²) in [5, 5.41) is 10.2. The molecule has 7 N–H and O–H groups in total. The lowest BCUT2D eigenvalue weighted by molar-refractivity contribution is -0.144. The average Bonchev–Trinajstić information content (AvgIpc) is 4.59. The highest BCUT2D eigenvalue weighted by atomic mass is 16.7. The zero-order valence-corrected chi connectivity index (χ0v) is 43.3. The van der Waals surface area contributed by atoms with Crippen molar-refractivity contribution in [1.29, 1.82) is 0 Å². The summed E-state index contributed by atoms with van der Waals surface area (Å²) in [6.45, 7) is 0.719. The predicted molar refractivity (Wildman–Crippen MR) is 291 cm³/mol. The molecule has 9 aromatic rings. The molecule has 0 fully saturated rings. The summed E-state index contributed by atoms with van der Waals surface area (Å²) in [5.41, 5.74) is 17.0. The van der Waals surface area contributed by atoms with Gasteiger partial charge in [0, 0.05) is 75.1 Å². The van der Waals surface area contributed by atoms with Crippen LogP contribution in [0.5, 0.6) is 34.5 Å². The van der Waals surface area contributed by atoms with E-state index in [9.17, 15) is 19.2 Å². The van der Waals surface area contributed by atoms with Gasteiger partial charge in [0.25, 0.3) is 0 Å². The van der Waals surface area contributed by atoms with E-state index in [0.29, 0.717) is 36.3 Å². The number of nitrogens with one attached hydrogen (secondary N) is 5. The molecular weight excluding hydrogens is 1010 g/mol. The summed E-state index contributed by atoms with van der Waals surface area (Å²) in [5.74, 6) is 3.38. The van der Waals surface area contributed by atoms with Crippen LogP contribution in [0.2, 0.25) is 0 Å². The number of ether oxygens (including phenoxy) is 9. The van der Waals surface area contributed by atoms with Crippen molar-refractivity contribution in [1.82, 2.24) is 25.6 Å². The van der Waals surface area contributed by atoms with Crippen molar-refractivity contribution in [2.24, 2.45) is 5.73 Å². The zero-order chi connectivity index (χ0) is 54.6. The smallest absolute Gasteiger partial charge is 0.323 e. The fourth-order valence-electron chi connectivity index (χ4n) is 10.5. The first-order valence-corrected chi connectivity index (χ1v) is 25.5. The number of esters is 3. The molecule has 14 rings (SSSR count). The van der Waals surface area contributed by atoms with E-state index >= 15 is 0 Å². The molecule has 5 aliphatic rings. The van der Waals surface area contributed by atoms with E-state index in [1.807, 2.05) is 91.1 Å². The van der Waals surface area contributed by atoms with Crippen molar-refractivity contribution in [2.75, 3.05) is 41.7 Å². The maximum absolute atomic E-state index is 12.3. The minimum Gasteiger partial charge on any atom is -0.468 e. The molecule has 0 unspecified atom stereocenters. The van der Waals surface area contributed by atoms with Crippen molar-refractivity contribution < 1.29 is 61.8 Å². The van der Waals surface area contributed by atoms with E-state index in [1.165, 1.54) is 21.3 Å². The highest BCUT2D eigenvalue weighted by Gasteiger charge is 2.37. The number of methoxy groups -OCH3 is 3. The van der Waals surface area contributed by atoms with E-state index in [-0.39, 0.29) is 50.4 Å². The van der Waals surface area contributed by atoms with Crippen LogP contribution in [0.1, 0.15) is 61.6 Å². The number of aromatic nitrogens is 3. The number of benzene rings is 6. The van der Waals surface area contributed by atoms with Gasteiger partial charge in [-0.3, -0.25) is 29.8 Å². The highest BCUT2D eigenvalue weighted by Crippen LogP contribution is 2.42. The van der Waals surface area contributed by atoms with Crippen LogP contribution in [0.25, 0.3) is 32.7 Å². The molecule has 0 spiro atoms. The molecule has 0 amide bonds. The van der Waals surface area contributed by atoms with Gasteiger partial charge in [-0.05, 0) is 88.5 Å². The number of nitrogens with two attached hydrogens (primary N) is 1. The van der Waals surface area contributed by atoms with Gasteiger partial charge in [0.2, 0.25) is 20.4 Å². The van der Waals surface area contributed by atoms with Gasteiger partial charge in [-0.2, -0.15) is 0 Å². The number of aldehydes is 1. The van der Waals surface area contributed by atoms with E-state index in [1.54, 1.807) is 18.2 Å². The number of rotatable bonds is 8. The molecule has 19 heteroatoms. The Bertz CT molecular complexity index is 3570. The number of aromatic amines is 3. The van der Waals surface area contributed by atoms with Gasteiger partial charge in [-0.1, -0.05) is 66.7 Å². The van der Waals surface area contributed by atoms with Gasteiger partial charge in [0.15, 0.2) is 34.5 Å². The molecule has 19 nitrogen and oxygen atoms in total. The Morgan fingerprint density at radius 1 is 0.557 bits per heavy atom. The van der Waals surface area contributed by atoms with Crippen molar-refractivity contribution >= 4 is 56.9 Å². The van der Waals surface area contributed by atoms with Crippen LogP contribution < -0.4 is 44.8 Å². The van der Waals surface area contributed by atoms with Crippen LogP contribution in [-0.2, 0) is 47.9 Å². The standard InChI is InChI=1S/2C20H18N2O4.C12H14N2O2.C8H6O3/c2*1-24-20(23)15-9-13-12-4-2-3-5-14(12)21-19(13)18(22-15)11-6-7-16-17(8-11)26-10-25-16;1-16-12(15)10(13)6-8-7-14-11-5-3-2-4-9(8)11;9-4-6-1-2-7-8(3-6)11-5-10-7/h2*2-8,15,18,21-22H,9-10H2,1H3;2-5,7,10,14H,6,13H2,1H3;1-4H,5H2/t15-,18+;15-,18-;10-;/m011./s1. The third kappa shape index (κ3) is 10.6. The maximum Gasteiger partial charge on any atom is 0.323 e. The lowest BCUT2D eigenvalue weighted by atomic mass is 9.90. The Balaban J connectivity index is 0.000000117. The highest BCUT2D eigenvalue weighted by molar-refractivity contribution is 5.89. The van der Waals surface area contributed by atoms with Gasteiger partial charge < -0.3 is 63.3 Å². The van der Waals surface area contributed by atoms with Crippen LogP contribution in [0.4, 0.5) is 0 Å². The quantitative estimate of drug-likeness (QED) is 0.0483. The summed E-state index contributed by atoms with van der Waals surface area (Å²) in [7, 11) is 4.19. The third-order valence-corrected chi connectivity index (χ3v) is 14.4. The second kappa shape index (κ2) is 22.7. The molecule has 8 heterocycles. The molecule has 5 aliphatic heterocycles. The van der Waals surface area contributed by atoms with Crippen molar-refractivity contribution in [3.05, 3.63) is 178 Å². The average molecular weight is 1070 g/mol. The van der Waals surface area contributed by atoms with Crippen molar-refractivity contribution in [3.63, 3.8) is 0 Å². The Hall–Kier alpha value is -9.30. The maximum atomic E-state index is 12.3. The molecule has 0 bridgehead atoms. The van der Waals surface area contributed by atoms with Crippen LogP contribution in [-0.4, -0.2) is 99.0 Å². The van der Waals surface area contributed by atoms with Gasteiger partial charge >= 0.3 is 17.9 Å². The SMILES string of the molecule is COC(=O)[C@@H]1Cc2c([nH]c3ccccc23)[C@@H](c2ccc3c(c2)OCO3)N1.COC(=O)[C@H](N)Cc1c[nH]c2ccccc12.COC(=O)[C@H]1Cc2c([nH]c3ccccc23)[C@@H](c2ccc3c(c2)OCO3)N1.O=Cc1ccc2c(c1)OCO2. The molecule has 0 radical (unpaired) electrons. The largest absolute Gasteiger partial charge is 0.468 e. The fraction of sp³-hybridized carbons (Fsp3) is 0.233. The normalized spacial score (nSPS) is 18.1. The van der Waals surface area contributed by atoms with Crippen LogP contribution in [0, 0.1) is 0 Å². The van der Waals surface area contributed by atoms with E-state index < -0.39 is 18.1 Å². The lowest BCUT2D eigenvalue weighted by Gasteiger charge is -2.30. The first kappa shape index (κ1) is 51.8. The number of H-pyrrole nitrogens is 3. The minimum absolute atomic E-state index is 0.162. The lowest BCUT2D eigenvalue weighted by Crippen LogP contribution is -2.45. The van der Waals surface area contributed by atoms with Crippen LogP contribution >= 0.6 is 0 Å². The van der Waals surface area contributed by atoms with E-state index in [2.05, 4.69) is 54.6 Å².